The third kappa shape index (κ3) is 6.74. The van der Waals surface area contributed by atoms with Crippen LogP contribution in [0.15, 0.2) is 164 Å². The zero-order chi connectivity index (χ0) is 48.9. The van der Waals surface area contributed by atoms with Gasteiger partial charge in [0.1, 0.15) is 0 Å². The van der Waals surface area contributed by atoms with Gasteiger partial charge in [0.05, 0.1) is 5.69 Å². The summed E-state index contributed by atoms with van der Waals surface area (Å²) in [4.78, 5) is 5.43. The molecule has 0 saturated heterocycles. The summed E-state index contributed by atoms with van der Waals surface area (Å²) in [5.74, 6) is 0. The fourth-order valence-corrected chi connectivity index (χ4v) is 12.7. The molecule has 8 aromatic carbocycles. The van der Waals surface area contributed by atoms with Crippen LogP contribution in [0.3, 0.4) is 0 Å². The third-order valence-corrected chi connectivity index (χ3v) is 17.0. The van der Waals surface area contributed by atoms with E-state index in [0.717, 1.165) is 12.8 Å². The minimum absolute atomic E-state index is 0.0265. The van der Waals surface area contributed by atoms with Crippen LogP contribution in [0.5, 0.6) is 0 Å². The second kappa shape index (κ2) is 15.2. The maximum atomic E-state index is 2.76. The van der Waals surface area contributed by atoms with E-state index in [1.54, 1.807) is 0 Å². The van der Waals surface area contributed by atoms with Crippen LogP contribution in [0, 0.1) is 0 Å². The smallest absolute Gasteiger partial charge is 0.333 e. The highest BCUT2D eigenvalue weighted by atomic mass is 15.2. The lowest BCUT2D eigenvalue weighted by molar-refractivity contribution is 0.332. The monoisotopic (exact) mass is 911 g/mol. The van der Waals surface area contributed by atoms with Crippen LogP contribution in [-0.2, 0) is 27.1 Å². The van der Waals surface area contributed by atoms with E-state index in [1.807, 2.05) is 0 Å². The number of rotatable bonds is 4. The van der Waals surface area contributed by atoms with Crippen LogP contribution in [0.2, 0.25) is 0 Å². The largest absolute Gasteiger partial charge is 0.376 e. The second-order valence-electron chi connectivity index (χ2n) is 24.9. The maximum absolute atomic E-state index is 2.76. The van der Waals surface area contributed by atoms with Crippen molar-refractivity contribution < 1.29 is 0 Å². The Bertz CT molecular complexity index is 3420. The lowest BCUT2D eigenvalue weighted by Crippen LogP contribution is -2.62. The molecule has 0 bridgehead atoms. The molecule has 8 aromatic rings. The summed E-state index contributed by atoms with van der Waals surface area (Å²) in [7, 11) is 0. The number of hydrogen-bond acceptors (Lipinski definition) is 2. The van der Waals surface area contributed by atoms with Gasteiger partial charge in [-0.05, 0) is 167 Å². The van der Waals surface area contributed by atoms with Gasteiger partial charge in [0.25, 0.3) is 0 Å². The van der Waals surface area contributed by atoms with E-state index in [-0.39, 0.29) is 33.9 Å². The maximum Gasteiger partial charge on any atom is 0.333 e. The Balaban J connectivity index is 1.26. The van der Waals surface area contributed by atoms with Crippen molar-refractivity contribution in [3.8, 4) is 44.5 Å². The molecule has 0 fully saturated rings. The zero-order valence-corrected chi connectivity index (χ0v) is 43.5. The van der Waals surface area contributed by atoms with Crippen LogP contribution in [0.4, 0.5) is 28.4 Å². The molecule has 0 N–H and O–H groups in total. The molecule has 2 nitrogen and oxygen atoms in total. The van der Waals surface area contributed by atoms with E-state index >= 15 is 0 Å². The van der Waals surface area contributed by atoms with Gasteiger partial charge >= 0.3 is 6.85 Å². The van der Waals surface area contributed by atoms with Crippen LogP contribution in [0.25, 0.3) is 44.5 Å². The molecule has 2 aliphatic heterocycles. The van der Waals surface area contributed by atoms with Gasteiger partial charge < -0.3 is 9.71 Å². The SMILES string of the molecule is CC(C)(C)c1ccc(N2B3c4cc5c(cc4N(c4ccc(C(C)(C)C)cc4-c4ccccc4)c4cc(-c6ccccc6)cc(c43)-c3cc4c(cc32)C(C)(C)CCC4(C)C)-c2ccccc2C5(C)C)cc1. The summed E-state index contributed by atoms with van der Waals surface area (Å²) < 4.78 is 0. The normalized spacial score (nSPS) is 16.7. The van der Waals surface area contributed by atoms with E-state index in [1.165, 1.54) is 117 Å². The Morgan fingerprint density at radius 3 is 1.66 bits per heavy atom. The fraction of sp³-hybridized carbons (Fsp3) is 0.284. The number of anilines is 5. The average Bonchev–Trinajstić information content (AvgIpc) is 3.56. The summed E-state index contributed by atoms with van der Waals surface area (Å²) in [5.41, 5.74) is 27.4. The highest BCUT2D eigenvalue weighted by molar-refractivity contribution is 6.93. The molecular formula is C67H67BN2. The number of fused-ring (bicyclic) bond motifs is 8. The molecule has 0 atom stereocenters. The molecule has 70 heavy (non-hydrogen) atoms. The topological polar surface area (TPSA) is 6.48 Å². The molecule has 2 heterocycles. The summed E-state index contributed by atoms with van der Waals surface area (Å²) in [6, 6.07) is 63.8. The first-order chi connectivity index (χ1) is 33.2. The first kappa shape index (κ1) is 44.6. The van der Waals surface area contributed by atoms with E-state index < -0.39 is 0 Å². The zero-order valence-electron chi connectivity index (χ0n) is 43.5. The van der Waals surface area contributed by atoms with Crippen LogP contribution < -0.4 is 20.6 Å². The lowest BCUT2D eigenvalue weighted by atomic mass is 9.42. The van der Waals surface area contributed by atoms with Gasteiger partial charge in [0.15, 0.2) is 0 Å². The third-order valence-electron chi connectivity index (χ3n) is 17.0. The van der Waals surface area contributed by atoms with Crippen LogP contribution in [-0.4, -0.2) is 6.85 Å². The molecule has 12 rings (SSSR count). The average molecular weight is 911 g/mol. The molecular weight excluding hydrogens is 844 g/mol. The van der Waals surface area contributed by atoms with E-state index in [4.69, 9.17) is 0 Å². The Morgan fingerprint density at radius 1 is 0.400 bits per heavy atom. The van der Waals surface area contributed by atoms with Gasteiger partial charge in [0, 0.05) is 39.3 Å². The van der Waals surface area contributed by atoms with Crippen molar-refractivity contribution in [1.82, 2.24) is 0 Å². The highest BCUT2D eigenvalue weighted by Crippen LogP contribution is 2.56. The molecule has 0 spiro atoms. The Hall–Kier alpha value is -6.58. The van der Waals surface area contributed by atoms with Crippen LogP contribution in [0.1, 0.15) is 129 Å². The Kier molecular flexibility index (Phi) is 9.70. The molecule has 3 heteroatoms. The minimum Gasteiger partial charge on any atom is -0.376 e. The van der Waals surface area contributed by atoms with Crippen molar-refractivity contribution in [1.29, 1.82) is 0 Å². The molecule has 0 saturated carbocycles. The predicted molar refractivity (Wildman–Crippen MR) is 301 cm³/mol. The van der Waals surface area contributed by atoms with Gasteiger partial charge in [-0.3, -0.25) is 0 Å². The molecule has 0 amide bonds. The molecule has 4 aliphatic rings. The first-order valence-electron chi connectivity index (χ1n) is 25.8. The van der Waals surface area contributed by atoms with Gasteiger partial charge in [-0.15, -0.1) is 0 Å². The fourth-order valence-electron chi connectivity index (χ4n) is 12.7. The van der Waals surface area contributed by atoms with E-state index in [0.29, 0.717) is 0 Å². The number of hydrogen-bond donors (Lipinski definition) is 0. The van der Waals surface area contributed by atoms with Gasteiger partial charge in [-0.25, -0.2) is 0 Å². The van der Waals surface area contributed by atoms with Crippen molar-refractivity contribution >= 4 is 46.2 Å². The highest BCUT2D eigenvalue weighted by Gasteiger charge is 2.49. The van der Waals surface area contributed by atoms with Crippen molar-refractivity contribution in [2.45, 2.75) is 123 Å². The molecule has 348 valence electrons. The Labute approximate surface area is 418 Å². The molecule has 0 unspecified atom stereocenters. The predicted octanol–water partition coefficient (Wildman–Crippen LogP) is 17.0. The van der Waals surface area contributed by atoms with Gasteiger partial charge in [0.2, 0.25) is 0 Å². The van der Waals surface area contributed by atoms with Crippen molar-refractivity contribution in [3.63, 3.8) is 0 Å². The lowest BCUT2D eigenvalue weighted by Gasteiger charge is -2.48. The van der Waals surface area contributed by atoms with Gasteiger partial charge in [-0.2, -0.15) is 0 Å². The summed E-state index contributed by atoms with van der Waals surface area (Å²) in [5, 5.41) is 0. The second-order valence-corrected chi connectivity index (χ2v) is 24.9. The molecule has 2 aliphatic carbocycles. The minimum atomic E-state index is -0.184. The summed E-state index contributed by atoms with van der Waals surface area (Å²) in [6.45, 7) is 28.6. The summed E-state index contributed by atoms with van der Waals surface area (Å²) >= 11 is 0. The van der Waals surface area contributed by atoms with Gasteiger partial charge in [-0.1, -0.05) is 192 Å². The van der Waals surface area contributed by atoms with Crippen molar-refractivity contribution in [2.75, 3.05) is 9.71 Å². The first-order valence-corrected chi connectivity index (χ1v) is 25.8. The van der Waals surface area contributed by atoms with E-state index in [2.05, 4.69) is 257 Å². The van der Waals surface area contributed by atoms with E-state index in [9.17, 15) is 0 Å². The van der Waals surface area contributed by atoms with Crippen molar-refractivity contribution in [3.05, 3.63) is 197 Å². The standard InChI is InChI=1S/C67H67BN2/c1-63(2,3)45-27-30-47(31-28-45)70-59-41-56-55(65(7,8)33-34-66(56,9)10)38-51(59)52-35-44(42-21-15-13-16-22-42)36-61-62(52)68(70)57-40-54-50(48-25-19-20-26-53(48)67(54,11)12)39-60(57)69(61)58-32-29-46(64(4,5)6)37-49(58)43-23-17-14-18-24-43/h13-32,35-41H,33-34H2,1-12H3. The van der Waals surface area contributed by atoms with Crippen molar-refractivity contribution in [2.24, 2.45) is 0 Å². The Morgan fingerprint density at radius 2 is 1.00 bits per heavy atom. The summed E-state index contributed by atoms with van der Waals surface area (Å²) in [6.07, 6.45) is 2.32. The molecule has 0 radical (unpaired) electrons. The van der Waals surface area contributed by atoms with Crippen LogP contribution >= 0.6 is 0 Å². The number of nitrogens with zero attached hydrogens (tertiary/aromatic N) is 2. The molecule has 0 aromatic heterocycles. The number of benzene rings is 8. The quantitative estimate of drug-likeness (QED) is 0.162.